The molecule has 13 rings (SSSR count). The molecule has 8 heterocycles. The molecule has 5 aromatic rings. The summed E-state index contributed by atoms with van der Waals surface area (Å²) in [6, 6.07) is 1.06. The number of benzene rings is 5. The van der Waals surface area contributed by atoms with Gasteiger partial charge in [-0.25, -0.2) is 4.79 Å². The lowest BCUT2D eigenvalue weighted by atomic mass is 9.86. The molecule has 8 aliphatic rings. The van der Waals surface area contributed by atoms with E-state index in [1.165, 1.54) is 135 Å². The molecule has 0 spiro atoms. The van der Waals surface area contributed by atoms with Crippen molar-refractivity contribution in [3.05, 3.63) is 117 Å². The van der Waals surface area contributed by atoms with Crippen molar-refractivity contribution in [2.75, 3.05) is 20.2 Å². The van der Waals surface area contributed by atoms with Crippen LogP contribution in [-0.4, -0.2) is 222 Å². The molecule has 0 radical (unpaired) electrons. The molecule has 22 atom stereocenters. The van der Waals surface area contributed by atoms with Crippen molar-refractivity contribution in [1.82, 2.24) is 42.5 Å². The number of ether oxygens (including phenoxy) is 8. The maximum atomic E-state index is 16.7. The zero-order chi connectivity index (χ0) is 94.3. The minimum absolute atomic E-state index is 0.0357. The lowest BCUT2D eigenvalue weighted by Gasteiger charge is -2.47. The number of carboxylic acid groups (broad SMARTS) is 1. The second-order valence-corrected chi connectivity index (χ2v) is 36.3. The Morgan fingerprint density at radius 1 is 0.623 bits per heavy atom. The molecule has 0 aromatic heterocycles. The van der Waals surface area contributed by atoms with Crippen LogP contribution in [0, 0.1) is 5.92 Å². The minimum atomic E-state index is -2.36. The Bertz CT molecular complexity index is 4780. The number of aliphatic hydroxyl groups excluding tert-OH is 6. The Labute approximate surface area is 759 Å². The number of aliphatic hydroxyl groups is 6. The van der Waals surface area contributed by atoms with Crippen LogP contribution in [0.1, 0.15) is 241 Å². The first-order valence-electron chi connectivity index (χ1n) is 44.9. The van der Waals surface area contributed by atoms with Gasteiger partial charge in [0.1, 0.15) is 89.5 Å². The number of phenolic OH excluding ortho intramolecular Hbond substituents is 3. The number of carboxylic acids is 1. The Balaban J connectivity index is 1.08. The minimum Gasteiger partial charge on any atom is -0.507 e. The number of aromatic hydroxyl groups is 3. The SMILES string of the molecule is CCCCCCCCCCCCCCCCCCNCc1c(O)cc2c(c1O)-c1cc(ccc1O)C1NC(=O)C3NC(=O)C(CC(N)=O)NC(=O)C(NC(=O)C(CC(C)C)NC)C(O)c4ccc(c(Cl)c4)Oc4cc3cc(c4O[C@@H]3O[C@H](CO)[C@@H](O)[C@H](O)[C@H]3O[C@H]3C[C@](C)(N)[C@@H](O)[C@H](C)O3)Oc3ccc(cc3)C(O[C@H]3C[C@](C)(N)[C@@H](O)[C@H](C)O3)C(NC1=O)C(=O)NC2C(=O)O. The van der Waals surface area contributed by atoms with Crippen LogP contribution >= 0.6 is 11.6 Å². The molecule has 38 heteroatoms. The summed E-state index contributed by atoms with van der Waals surface area (Å²) in [7, 11) is 1.49. The third kappa shape index (κ3) is 24.8. The Hall–Kier alpha value is -9.65. The van der Waals surface area contributed by atoms with Crippen LogP contribution in [0.25, 0.3) is 11.1 Å². The zero-order valence-corrected chi connectivity index (χ0v) is 75.3. The summed E-state index contributed by atoms with van der Waals surface area (Å²) in [6.07, 6.45) is -4.12. The van der Waals surface area contributed by atoms with Gasteiger partial charge in [0.15, 0.2) is 36.2 Å². The summed E-state index contributed by atoms with van der Waals surface area (Å²) >= 11 is 7.21. The summed E-state index contributed by atoms with van der Waals surface area (Å²) in [5.74, 6) is -15.2. The normalized spacial score (nSPS) is 29.1. The van der Waals surface area contributed by atoms with E-state index in [0.29, 0.717) is 13.0 Å². The number of hydrogen-bond donors (Lipinski definition) is 21. The molecular weight excluding hydrogens is 1710 g/mol. The molecule has 8 aliphatic heterocycles. The van der Waals surface area contributed by atoms with E-state index in [1.807, 2.05) is 13.8 Å². The van der Waals surface area contributed by atoms with Gasteiger partial charge in [0.05, 0.1) is 54.1 Å². The van der Waals surface area contributed by atoms with Gasteiger partial charge >= 0.3 is 5.97 Å². The van der Waals surface area contributed by atoms with Crippen molar-refractivity contribution in [1.29, 1.82) is 0 Å². The summed E-state index contributed by atoms with van der Waals surface area (Å²) in [5, 5.41) is 139. The average molecular weight is 1840 g/mol. The number of amides is 7. The molecule has 3 saturated heterocycles. The molecule has 0 aliphatic carbocycles. The van der Waals surface area contributed by atoms with E-state index in [9.17, 15) is 65.4 Å². The summed E-state index contributed by atoms with van der Waals surface area (Å²) in [5.41, 5.74) is 13.7. The van der Waals surface area contributed by atoms with Gasteiger partial charge in [0.25, 0.3) is 0 Å². The number of fused-ring (bicyclic) bond motifs is 15. The number of phenols is 3. The predicted octanol–water partition coefficient (Wildman–Crippen LogP) is 6.04. The van der Waals surface area contributed by atoms with Crippen LogP contribution in [0.4, 0.5) is 0 Å². The van der Waals surface area contributed by atoms with Crippen LogP contribution in [0.15, 0.2) is 78.9 Å². The van der Waals surface area contributed by atoms with E-state index in [-0.39, 0.29) is 70.5 Å². The van der Waals surface area contributed by atoms with Crippen molar-refractivity contribution in [2.45, 2.75) is 317 Å². The second-order valence-electron chi connectivity index (χ2n) is 35.9. The van der Waals surface area contributed by atoms with E-state index in [2.05, 4.69) is 49.5 Å². The molecule has 9 unspecified atom stereocenters. The van der Waals surface area contributed by atoms with Gasteiger partial charge in [0, 0.05) is 47.2 Å². The van der Waals surface area contributed by atoms with Gasteiger partial charge < -0.3 is 149 Å². The van der Waals surface area contributed by atoms with Crippen molar-refractivity contribution < 1.29 is 127 Å². The number of primary amides is 1. The number of unbranched alkanes of at least 4 members (excludes halogenated alkanes) is 15. The fourth-order valence-corrected chi connectivity index (χ4v) is 17.7. The van der Waals surface area contributed by atoms with E-state index in [4.69, 9.17) is 66.7 Å². The third-order valence-corrected chi connectivity index (χ3v) is 25.2. The molecule has 7 amide bonds. The Morgan fingerprint density at radius 2 is 1.18 bits per heavy atom. The fraction of sp³-hybridized carbons (Fsp3) is 0.587. The van der Waals surface area contributed by atoms with E-state index < -0.39 is 250 Å². The number of rotatable bonds is 34. The van der Waals surface area contributed by atoms with E-state index in [1.54, 1.807) is 0 Å². The number of nitrogens with one attached hydrogen (secondary N) is 8. The predicted molar refractivity (Wildman–Crippen MR) is 472 cm³/mol. The summed E-state index contributed by atoms with van der Waals surface area (Å²) in [4.78, 5) is 122. The fourth-order valence-electron chi connectivity index (χ4n) is 17.5. The molecule has 130 heavy (non-hydrogen) atoms. The van der Waals surface area contributed by atoms with Crippen LogP contribution in [-0.2, 0) is 68.6 Å². The highest BCUT2D eigenvalue weighted by Gasteiger charge is 2.53. The van der Waals surface area contributed by atoms with Crippen LogP contribution < -0.4 is 73.9 Å². The van der Waals surface area contributed by atoms with Gasteiger partial charge in [0.2, 0.25) is 53.4 Å². The van der Waals surface area contributed by atoms with Crippen LogP contribution in [0.3, 0.4) is 0 Å². The maximum absolute atomic E-state index is 16.7. The first-order valence-corrected chi connectivity index (χ1v) is 45.3. The monoisotopic (exact) mass is 1840 g/mol. The highest BCUT2D eigenvalue weighted by atomic mass is 35.5. The molecule has 11 bridgehead atoms. The molecule has 0 saturated carbocycles. The van der Waals surface area contributed by atoms with Gasteiger partial charge in [-0.3, -0.25) is 33.6 Å². The standard InChI is InChI=1S/C92H128ClN11O26/c1-9-10-11-12-13-14-15-16-17-18-19-20-21-22-23-24-33-98-43-55-60(107)39-54-68(75(55)110)53-35-49(27-31-59(53)106)69-85(117)104-73(88(120)102-71(54)89(121)122)78(128-66-41-91(6,95)81(113)46(4)123-66)48-25-29-52(30-26-48)125-62-37-51-38-63(79(62)130-90-80(77(112)76(111)64(44-105)127-90)129-67-42-92(7,96)82(114)47(5)124-67)126-61-32-28-50(36-56(61)93)74(109)72(103-83(115)57(97-8)34-45(2)3)87(119)99-58(40-65(94)108)84(116)100-70(51)86(118)101-69/h25-32,35-39,45-47,57-58,64,66-67,69-74,76-78,80-82,90,97-98,105-107,109-114H,9-24,33-34,40-44,95-96H2,1-8H3,(H2,94,108)(H,99,119)(H,100,116)(H,101,118)(H,102,120)(H,103,115)(H,104,117)(H,121,122)/t46-,47-,57?,58?,64+,66-,67-,69?,70?,71?,72?,73?,74?,76+,77-,78?,80+,81-,82-,90-,91-,92-/m0/s1. The summed E-state index contributed by atoms with van der Waals surface area (Å²) in [6.45, 7) is 11.1. The van der Waals surface area contributed by atoms with Crippen LogP contribution in [0.5, 0.6) is 46.0 Å². The first kappa shape index (κ1) is 101. The Morgan fingerprint density at radius 3 is 1.75 bits per heavy atom. The number of hydrogen-bond acceptors (Lipinski definition) is 29. The maximum Gasteiger partial charge on any atom is 0.330 e. The number of halogens is 1. The van der Waals surface area contributed by atoms with Crippen molar-refractivity contribution in [3.63, 3.8) is 0 Å². The van der Waals surface area contributed by atoms with E-state index >= 15 is 24.0 Å². The lowest BCUT2D eigenvalue weighted by Crippen LogP contribution is -2.64. The Kier molecular flexibility index (Phi) is 35.1. The molecule has 5 aromatic carbocycles. The zero-order valence-electron chi connectivity index (χ0n) is 74.5. The van der Waals surface area contributed by atoms with Crippen molar-refractivity contribution >= 4 is 58.9 Å². The molecule has 3 fully saturated rings. The second kappa shape index (κ2) is 45.2. The topological polar surface area (TPSA) is 587 Å². The molecule has 24 N–H and O–H groups in total. The number of carbonyl (C=O) groups is 8. The molecule has 37 nitrogen and oxygen atoms in total. The van der Waals surface area contributed by atoms with Crippen LogP contribution in [0.2, 0.25) is 5.02 Å². The number of carbonyl (C=O) groups excluding carboxylic acids is 7. The smallest absolute Gasteiger partial charge is 0.330 e. The highest BCUT2D eigenvalue weighted by Crippen LogP contribution is 2.51. The largest absolute Gasteiger partial charge is 0.507 e. The highest BCUT2D eigenvalue weighted by molar-refractivity contribution is 6.32. The van der Waals surface area contributed by atoms with Crippen molar-refractivity contribution in [2.24, 2.45) is 23.1 Å². The van der Waals surface area contributed by atoms with E-state index in [0.717, 1.165) is 74.6 Å². The molecular formula is C92H128ClN11O26. The van der Waals surface area contributed by atoms with Crippen molar-refractivity contribution in [3.8, 4) is 57.1 Å². The van der Waals surface area contributed by atoms with Gasteiger partial charge in [-0.05, 0) is 137 Å². The number of aliphatic carboxylic acids is 1. The quantitative estimate of drug-likeness (QED) is 0.0209. The number of likely N-dealkylation sites (N-methyl/N-ethyl adjacent to an activating group) is 1. The lowest BCUT2D eigenvalue weighted by molar-refractivity contribution is -0.333. The third-order valence-electron chi connectivity index (χ3n) is 24.9. The summed E-state index contributed by atoms with van der Waals surface area (Å²) < 4.78 is 52.3. The van der Waals surface area contributed by atoms with Gasteiger partial charge in [-0.15, -0.1) is 0 Å². The first-order chi connectivity index (χ1) is 61.8. The number of nitrogens with two attached hydrogens (primary N) is 3. The van der Waals surface area contributed by atoms with Gasteiger partial charge in [-0.2, -0.15) is 0 Å². The van der Waals surface area contributed by atoms with Gasteiger partial charge in [-0.1, -0.05) is 153 Å². The average Bonchev–Trinajstić information content (AvgIpc) is 0.783. The molecule has 714 valence electrons.